The Morgan fingerprint density at radius 1 is 1.21 bits per heavy atom. The Kier molecular flexibility index (Phi) is 6.54. The van der Waals surface area contributed by atoms with E-state index < -0.39 is 11.7 Å². The molecule has 0 aliphatic carbocycles. The molecule has 0 spiro atoms. The van der Waals surface area contributed by atoms with Crippen molar-refractivity contribution in [1.82, 2.24) is 10.2 Å². The summed E-state index contributed by atoms with van der Waals surface area (Å²) in [5.41, 5.74) is 1.98. The van der Waals surface area contributed by atoms with Gasteiger partial charge in [-0.25, -0.2) is 4.39 Å². The highest BCUT2D eigenvalue weighted by Gasteiger charge is 2.18. The molecule has 152 valence electrons. The van der Waals surface area contributed by atoms with Gasteiger partial charge in [-0.05, 0) is 24.3 Å². The first kappa shape index (κ1) is 20.9. The largest absolute Gasteiger partial charge is 0.461 e. The summed E-state index contributed by atoms with van der Waals surface area (Å²) in [6.07, 6.45) is 0.874. The molecule has 7 heteroatoms. The van der Waals surface area contributed by atoms with Gasteiger partial charge in [-0.2, -0.15) is 0 Å². The highest BCUT2D eigenvalue weighted by molar-refractivity contribution is 6.33. The molecule has 0 atom stereocenters. The molecule has 3 aromatic rings. The van der Waals surface area contributed by atoms with Crippen LogP contribution in [0.1, 0.15) is 35.0 Å². The zero-order valence-corrected chi connectivity index (χ0v) is 17.1. The number of hydrogen-bond acceptors (Lipinski definition) is 3. The van der Waals surface area contributed by atoms with Crippen molar-refractivity contribution in [3.63, 3.8) is 0 Å². The predicted molar refractivity (Wildman–Crippen MR) is 110 cm³/mol. The number of nitrogens with zero attached hydrogens (tertiary/aromatic N) is 1. The minimum Gasteiger partial charge on any atom is -0.461 e. The number of nitrogens with one attached hydrogen (secondary N) is 1. The molecule has 3 rings (SSSR count). The van der Waals surface area contributed by atoms with Gasteiger partial charge in [0.15, 0.2) is 0 Å². The Labute approximate surface area is 173 Å². The van der Waals surface area contributed by atoms with Crippen molar-refractivity contribution < 1.29 is 18.4 Å². The number of carbonyl (C=O) groups excluding carboxylic acids is 2. The van der Waals surface area contributed by atoms with Crippen LogP contribution in [0.25, 0.3) is 11.0 Å². The molecule has 0 saturated heterocycles. The van der Waals surface area contributed by atoms with Crippen molar-refractivity contribution in [3.05, 3.63) is 70.2 Å². The van der Waals surface area contributed by atoms with E-state index in [2.05, 4.69) is 5.32 Å². The van der Waals surface area contributed by atoms with Crippen LogP contribution in [-0.4, -0.2) is 30.3 Å². The Morgan fingerprint density at radius 2 is 1.97 bits per heavy atom. The maximum Gasteiger partial charge on any atom is 0.252 e. The van der Waals surface area contributed by atoms with Gasteiger partial charge in [0, 0.05) is 43.9 Å². The van der Waals surface area contributed by atoms with E-state index >= 15 is 0 Å². The summed E-state index contributed by atoms with van der Waals surface area (Å²) >= 11 is 5.89. The first-order valence-corrected chi connectivity index (χ1v) is 9.75. The average molecular weight is 417 g/mol. The van der Waals surface area contributed by atoms with Crippen molar-refractivity contribution in [2.24, 2.45) is 0 Å². The number of benzene rings is 2. The van der Waals surface area contributed by atoms with Crippen LogP contribution in [0, 0.1) is 5.82 Å². The highest BCUT2D eigenvalue weighted by atomic mass is 35.5. The fourth-order valence-electron chi connectivity index (χ4n) is 3.18. The van der Waals surface area contributed by atoms with E-state index in [1.165, 1.54) is 12.1 Å². The molecule has 0 bridgehead atoms. The van der Waals surface area contributed by atoms with E-state index in [0.717, 1.165) is 34.8 Å². The lowest BCUT2D eigenvalue weighted by molar-refractivity contribution is -0.130. The number of halogens is 2. The molecule has 0 unspecified atom stereocenters. The maximum atomic E-state index is 13.1. The second-order valence-electron chi connectivity index (χ2n) is 6.73. The van der Waals surface area contributed by atoms with Crippen LogP contribution in [0.3, 0.4) is 0 Å². The van der Waals surface area contributed by atoms with E-state index in [1.807, 2.05) is 31.2 Å². The van der Waals surface area contributed by atoms with Gasteiger partial charge in [0.05, 0.1) is 10.6 Å². The molecule has 29 heavy (non-hydrogen) atoms. The van der Waals surface area contributed by atoms with Gasteiger partial charge in [0.2, 0.25) is 5.91 Å². The van der Waals surface area contributed by atoms with Gasteiger partial charge in [-0.3, -0.25) is 9.59 Å². The minimum atomic E-state index is -0.512. The number of fused-ring (bicyclic) bond motifs is 1. The molecular weight excluding hydrogens is 395 g/mol. The van der Waals surface area contributed by atoms with Gasteiger partial charge in [-0.1, -0.05) is 36.7 Å². The van der Waals surface area contributed by atoms with Crippen LogP contribution >= 0.6 is 11.6 Å². The second-order valence-corrected chi connectivity index (χ2v) is 7.14. The third kappa shape index (κ3) is 4.77. The van der Waals surface area contributed by atoms with Crippen molar-refractivity contribution in [3.8, 4) is 0 Å². The maximum absolute atomic E-state index is 13.1. The first-order valence-electron chi connectivity index (χ1n) is 9.37. The first-order chi connectivity index (χ1) is 13.9. The Morgan fingerprint density at radius 3 is 2.69 bits per heavy atom. The average Bonchev–Trinajstić information content (AvgIpc) is 3.05. The van der Waals surface area contributed by atoms with Crippen LogP contribution in [0.15, 0.2) is 46.9 Å². The van der Waals surface area contributed by atoms with Crippen LogP contribution in [0.4, 0.5) is 4.39 Å². The number of furan rings is 1. The lowest BCUT2D eigenvalue weighted by atomic mass is 10.1. The zero-order chi connectivity index (χ0) is 21.0. The van der Waals surface area contributed by atoms with Crippen molar-refractivity contribution >= 4 is 34.4 Å². The van der Waals surface area contributed by atoms with Gasteiger partial charge in [-0.15, -0.1) is 0 Å². The monoisotopic (exact) mass is 416 g/mol. The fraction of sp³-hybridized carbons (Fsp3) is 0.273. The van der Waals surface area contributed by atoms with Gasteiger partial charge in [0.1, 0.15) is 17.2 Å². The zero-order valence-electron chi connectivity index (χ0n) is 16.3. The number of rotatable bonds is 7. The summed E-state index contributed by atoms with van der Waals surface area (Å²) in [6.45, 7) is 2.60. The van der Waals surface area contributed by atoms with Crippen LogP contribution < -0.4 is 5.32 Å². The third-order valence-electron chi connectivity index (χ3n) is 4.72. The van der Waals surface area contributed by atoms with E-state index in [1.54, 1.807) is 11.9 Å². The molecule has 0 aliphatic rings. The molecule has 1 N–H and O–H groups in total. The fourth-order valence-corrected chi connectivity index (χ4v) is 3.43. The summed E-state index contributed by atoms with van der Waals surface area (Å²) in [5, 5.41) is 3.68. The highest BCUT2D eigenvalue weighted by Crippen LogP contribution is 2.27. The normalized spacial score (nSPS) is 10.9. The Balaban J connectivity index is 1.58. The van der Waals surface area contributed by atoms with Gasteiger partial charge < -0.3 is 14.6 Å². The van der Waals surface area contributed by atoms with Crippen LogP contribution in [-0.2, 0) is 17.8 Å². The smallest absolute Gasteiger partial charge is 0.252 e. The summed E-state index contributed by atoms with van der Waals surface area (Å²) in [5.74, 6) is -0.200. The molecule has 0 fully saturated rings. The molecule has 2 aromatic carbocycles. The lowest BCUT2D eigenvalue weighted by Gasteiger charge is -2.17. The summed E-state index contributed by atoms with van der Waals surface area (Å²) in [4.78, 5) is 26.3. The molecule has 0 aliphatic heterocycles. The van der Waals surface area contributed by atoms with Crippen LogP contribution in [0.2, 0.25) is 5.02 Å². The van der Waals surface area contributed by atoms with Crippen molar-refractivity contribution in [2.45, 2.75) is 26.3 Å². The molecular formula is C22H22ClFN2O3. The summed E-state index contributed by atoms with van der Waals surface area (Å²) in [7, 11) is 1.72. The molecule has 0 saturated carbocycles. The van der Waals surface area contributed by atoms with E-state index in [-0.39, 0.29) is 29.5 Å². The number of para-hydroxylation sites is 1. The molecule has 1 aromatic heterocycles. The summed E-state index contributed by atoms with van der Waals surface area (Å²) < 4.78 is 19.0. The minimum absolute atomic E-state index is 0.0323. The van der Waals surface area contributed by atoms with Crippen molar-refractivity contribution in [1.29, 1.82) is 0 Å². The Bertz CT molecular complexity index is 1050. The summed E-state index contributed by atoms with van der Waals surface area (Å²) in [6, 6.07) is 11.3. The van der Waals surface area contributed by atoms with E-state index in [4.69, 9.17) is 16.0 Å². The SMILES string of the molecule is CCc1oc2ccccc2c1CN(C)C(=O)CCNC(=O)c1ccc(F)cc1Cl. The number of amides is 2. The number of hydrogen-bond donors (Lipinski definition) is 1. The molecule has 2 amide bonds. The van der Waals surface area contributed by atoms with Gasteiger partial charge >= 0.3 is 0 Å². The van der Waals surface area contributed by atoms with E-state index in [9.17, 15) is 14.0 Å². The molecule has 5 nitrogen and oxygen atoms in total. The molecule has 1 heterocycles. The van der Waals surface area contributed by atoms with Gasteiger partial charge in [0.25, 0.3) is 5.91 Å². The lowest BCUT2D eigenvalue weighted by Crippen LogP contribution is -2.32. The standard InChI is InChI=1S/C22H22ClFN2O3/c1-3-19-17(15-6-4-5-7-20(15)29-19)13-26(2)21(27)10-11-25-22(28)16-9-8-14(24)12-18(16)23/h4-9,12H,3,10-11,13H2,1-2H3,(H,25,28). The second kappa shape index (κ2) is 9.09. The number of aryl methyl sites for hydroxylation is 1. The molecule has 0 radical (unpaired) electrons. The number of carbonyl (C=O) groups is 2. The quantitative estimate of drug-likeness (QED) is 0.613. The Hall–Kier alpha value is -2.86. The predicted octanol–water partition coefficient (Wildman–Crippen LogP) is 4.57. The third-order valence-corrected chi connectivity index (χ3v) is 5.04. The van der Waals surface area contributed by atoms with Crippen molar-refractivity contribution in [2.75, 3.05) is 13.6 Å². The van der Waals surface area contributed by atoms with Crippen LogP contribution in [0.5, 0.6) is 0 Å². The topological polar surface area (TPSA) is 62.6 Å². The van der Waals surface area contributed by atoms with E-state index in [0.29, 0.717) is 6.54 Å².